The maximum Gasteiger partial charge on any atom is 0.0849 e. The fraction of sp³-hybridized carbons (Fsp3) is 0.0625. The third-order valence-corrected chi connectivity index (χ3v) is 10.7. The van der Waals surface area contributed by atoms with Crippen molar-refractivity contribution < 1.29 is 0 Å². The quantitative estimate of drug-likeness (QED) is 0.128. The summed E-state index contributed by atoms with van der Waals surface area (Å²) in [5.74, 6) is 0. The summed E-state index contributed by atoms with van der Waals surface area (Å²) in [7, 11) is 0. The second-order valence-electron chi connectivity index (χ2n) is 8.02. The lowest BCUT2D eigenvalue weighted by molar-refractivity contribution is 1.22. The molecule has 0 aliphatic carbocycles. The molecule has 178 valence electrons. The molecule has 0 saturated heterocycles. The van der Waals surface area contributed by atoms with Gasteiger partial charge in [0.1, 0.15) is 0 Å². The smallest absolute Gasteiger partial charge is 0.0849 e. The largest absolute Gasteiger partial charge is 0.106 e. The fourth-order valence-electron chi connectivity index (χ4n) is 3.73. The highest BCUT2D eigenvalue weighted by atomic mass is 32.2. The van der Waals surface area contributed by atoms with Crippen LogP contribution >= 0.6 is 47.0 Å². The van der Waals surface area contributed by atoms with Gasteiger partial charge in [-0.2, -0.15) is 0 Å². The molecule has 0 bridgehead atoms. The highest BCUT2D eigenvalue weighted by molar-refractivity contribution is 8.17. The lowest BCUT2D eigenvalue weighted by Gasteiger charge is -2.25. The van der Waals surface area contributed by atoms with Gasteiger partial charge in [0.15, 0.2) is 0 Å². The molecule has 0 nitrogen and oxygen atoms in total. The molecule has 0 N–H and O–H groups in total. The second kappa shape index (κ2) is 13.2. The van der Waals surface area contributed by atoms with Crippen LogP contribution in [-0.4, -0.2) is 0 Å². The lowest BCUT2D eigenvalue weighted by atomic mass is 10.1. The number of benzene rings is 5. The van der Waals surface area contributed by atoms with Crippen molar-refractivity contribution in [3.8, 4) is 0 Å². The van der Waals surface area contributed by atoms with E-state index in [0.29, 0.717) is 0 Å². The van der Waals surface area contributed by atoms with Crippen LogP contribution in [0.2, 0.25) is 0 Å². The summed E-state index contributed by atoms with van der Waals surface area (Å²) in [6.45, 7) is 0. The van der Waals surface area contributed by atoms with Crippen molar-refractivity contribution in [1.82, 2.24) is 0 Å². The standard InChI is InChI=1S/C32H26S4/c1-5-15-25(16-6-1)33-31(34-26-17-7-2-8-18-26)29-23-13-14-24-30(29)32(35-27-19-9-3-10-20-27)36-28-21-11-4-12-22-28/h1-24,31-32H. The van der Waals surface area contributed by atoms with Gasteiger partial charge in [0, 0.05) is 19.6 Å². The van der Waals surface area contributed by atoms with E-state index >= 15 is 0 Å². The summed E-state index contributed by atoms with van der Waals surface area (Å²) >= 11 is 7.70. The van der Waals surface area contributed by atoms with Gasteiger partial charge in [0.2, 0.25) is 0 Å². The molecule has 5 rings (SSSR count). The maximum absolute atomic E-state index is 2.32. The van der Waals surface area contributed by atoms with Crippen LogP contribution in [0.3, 0.4) is 0 Å². The Kier molecular flexibility index (Phi) is 9.20. The van der Waals surface area contributed by atoms with E-state index < -0.39 is 0 Å². The summed E-state index contributed by atoms with van der Waals surface area (Å²) < 4.78 is 0.447. The van der Waals surface area contributed by atoms with Gasteiger partial charge in [-0.05, 0) is 59.7 Å². The Morgan fingerprint density at radius 3 is 0.750 bits per heavy atom. The van der Waals surface area contributed by atoms with E-state index in [0.717, 1.165) is 0 Å². The summed E-state index contributed by atoms with van der Waals surface area (Å²) in [4.78, 5) is 5.12. The van der Waals surface area contributed by atoms with E-state index in [1.165, 1.54) is 30.7 Å². The monoisotopic (exact) mass is 538 g/mol. The molecule has 0 unspecified atom stereocenters. The first kappa shape index (κ1) is 25.2. The van der Waals surface area contributed by atoms with Gasteiger partial charge in [-0.25, -0.2) is 0 Å². The van der Waals surface area contributed by atoms with Crippen molar-refractivity contribution in [3.05, 3.63) is 157 Å². The van der Waals surface area contributed by atoms with Crippen LogP contribution in [0.15, 0.2) is 165 Å². The molecule has 5 aromatic rings. The summed E-state index contributed by atoms with van der Waals surface area (Å²) in [6, 6.07) is 52.0. The van der Waals surface area contributed by atoms with E-state index in [9.17, 15) is 0 Å². The van der Waals surface area contributed by atoms with Gasteiger partial charge >= 0.3 is 0 Å². The topological polar surface area (TPSA) is 0 Å². The summed E-state index contributed by atoms with van der Waals surface area (Å²) in [5.41, 5.74) is 2.74. The van der Waals surface area contributed by atoms with E-state index in [2.05, 4.69) is 146 Å². The van der Waals surface area contributed by atoms with Crippen molar-refractivity contribution in [2.45, 2.75) is 28.7 Å². The minimum absolute atomic E-state index is 0.223. The van der Waals surface area contributed by atoms with Gasteiger partial charge in [-0.15, -0.1) is 47.0 Å². The van der Waals surface area contributed by atoms with Gasteiger partial charge in [0.05, 0.1) is 9.16 Å². The van der Waals surface area contributed by atoms with Crippen LogP contribution in [0.4, 0.5) is 0 Å². The van der Waals surface area contributed by atoms with E-state index in [1.54, 1.807) is 0 Å². The molecule has 0 amide bonds. The molecule has 0 spiro atoms. The van der Waals surface area contributed by atoms with Gasteiger partial charge < -0.3 is 0 Å². The van der Waals surface area contributed by atoms with Gasteiger partial charge in [-0.3, -0.25) is 0 Å². The molecule has 0 aliphatic heterocycles. The van der Waals surface area contributed by atoms with Crippen LogP contribution in [0.5, 0.6) is 0 Å². The number of hydrogen-bond acceptors (Lipinski definition) is 4. The zero-order valence-electron chi connectivity index (χ0n) is 19.6. The Bertz CT molecular complexity index is 1140. The van der Waals surface area contributed by atoms with Crippen molar-refractivity contribution in [2.75, 3.05) is 0 Å². The van der Waals surface area contributed by atoms with Gasteiger partial charge in [-0.1, -0.05) is 97.1 Å². The Hall–Kier alpha value is -2.50. The first-order valence-corrected chi connectivity index (χ1v) is 15.3. The Morgan fingerprint density at radius 2 is 0.500 bits per heavy atom. The minimum atomic E-state index is 0.223. The number of thioether (sulfide) groups is 4. The van der Waals surface area contributed by atoms with Crippen LogP contribution in [0.25, 0.3) is 0 Å². The molecule has 5 aromatic carbocycles. The molecule has 0 heterocycles. The minimum Gasteiger partial charge on any atom is -0.106 e. The van der Waals surface area contributed by atoms with Crippen LogP contribution in [0, 0.1) is 0 Å². The van der Waals surface area contributed by atoms with Gasteiger partial charge in [0.25, 0.3) is 0 Å². The molecular formula is C32H26S4. The molecule has 36 heavy (non-hydrogen) atoms. The Labute approximate surface area is 231 Å². The second-order valence-corrected chi connectivity index (χ2v) is 13.3. The van der Waals surface area contributed by atoms with Crippen molar-refractivity contribution >= 4 is 47.0 Å². The van der Waals surface area contributed by atoms with Crippen LogP contribution in [-0.2, 0) is 0 Å². The highest BCUT2D eigenvalue weighted by Gasteiger charge is 2.24. The number of rotatable bonds is 10. The lowest BCUT2D eigenvalue weighted by Crippen LogP contribution is -2.00. The summed E-state index contributed by atoms with van der Waals surface area (Å²) in [5, 5.41) is 0. The average Bonchev–Trinajstić information content (AvgIpc) is 2.95. The molecule has 0 fully saturated rings. The molecule has 0 aliphatic rings. The third kappa shape index (κ3) is 7.04. The predicted octanol–water partition coefficient (Wildman–Crippen LogP) is 10.9. The van der Waals surface area contributed by atoms with E-state index in [4.69, 9.17) is 0 Å². The normalized spacial score (nSPS) is 11.2. The molecule has 0 radical (unpaired) electrons. The average molecular weight is 539 g/mol. The third-order valence-electron chi connectivity index (χ3n) is 5.45. The maximum atomic E-state index is 2.32. The molecule has 0 aromatic heterocycles. The van der Waals surface area contributed by atoms with Crippen molar-refractivity contribution in [1.29, 1.82) is 0 Å². The number of hydrogen-bond donors (Lipinski definition) is 0. The fourth-order valence-corrected chi connectivity index (χ4v) is 9.06. The molecule has 4 heteroatoms. The first-order chi connectivity index (χ1) is 17.8. The van der Waals surface area contributed by atoms with Crippen LogP contribution in [0.1, 0.15) is 20.3 Å². The van der Waals surface area contributed by atoms with Crippen LogP contribution < -0.4 is 0 Å². The predicted molar refractivity (Wildman–Crippen MR) is 161 cm³/mol. The highest BCUT2D eigenvalue weighted by Crippen LogP contribution is 2.54. The van der Waals surface area contributed by atoms with Crippen molar-refractivity contribution in [3.63, 3.8) is 0 Å². The van der Waals surface area contributed by atoms with E-state index in [1.807, 2.05) is 47.0 Å². The first-order valence-electron chi connectivity index (χ1n) is 11.8. The summed E-state index contributed by atoms with van der Waals surface area (Å²) in [6.07, 6.45) is 0. The molecule has 0 atom stereocenters. The molecular weight excluding hydrogens is 513 g/mol. The van der Waals surface area contributed by atoms with E-state index in [-0.39, 0.29) is 9.16 Å². The zero-order chi connectivity index (χ0) is 24.4. The Balaban J connectivity index is 1.54. The zero-order valence-corrected chi connectivity index (χ0v) is 22.9. The SMILES string of the molecule is c1ccc(SC(Sc2ccccc2)c2ccccc2C(Sc2ccccc2)Sc2ccccc2)cc1. The molecule has 0 saturated carbocycles. The Morgan fingerprint density at radius 1 is 0.278 bits per heavy atom. The van der Waals surface area contributed by atoms with Crippen molar-refractivity contribution in [2.24, 2.45) is 0 Å².